The summed E-state index contributed by atoms with van der Waals surface area (Å²) in [6.07, 6.45) is 7.37. The Morgan fingerprint density at radius 1 is 1.12 bits per heavy atom. The normalized spacial score (nSPS) is 29.4. The van der Waals surface area contributed by atoms with E-state index in [4.69, 9.17) is 5.73 Å². The molecule has 1 saturated heterocycles. The third-order valence-corrected chi connectivity index (χ3v) is 4.28. The van der Waals surface area contributed by atoms with Crippen molar-refractivity contribution in [3.05, 3.63) is 0 Å². The minimum absolute atomic E-state index is 0.129. The average molecular weight is 239 g/mol. The molecule has 2 aliphatic rings. The van der Waals surface area contributed by atoms with Crippen molar-refractivity contribution in [3.63, 3.8) is 0 Å². The van der Waals surface area contributed by atoms with Gasteiger partial charge in [-0.3, -0.25) is 0 Å². The summed E-state index contributed by atoms with van der Waals surface area (Å²) in [5, 5.41) is 3.09. The minimum atomic E-state index is 0.129. The maximum absolute atomic E-state index is 11.9. The first-order chi connectivity index (χ1) is 8.31. The lowest BCUT2D eigenvalue weighted by molar-refractivity contribution is 0.195. The highest BCUT2D eigenvalue weighted by atomic mass is 16.2. The molecule has 0 radical (unpaired) electrons. The van der Waals surface area contributed by atoms with Crippen LogP contribution in [0.1, 0.15) is 38.5 Å². The molecule has 4 heteroatoms. The lowest BCUT2D eigenvalue weighted by Crippen LogP contribution is -2.42. The Morgan fingerprint density at radius 2 is 1.76 bits per heavy atom. The maximum atomic E-state index is 11.9. The summed E-state index contributed by atoms with van der Waals surface area (Å²) in [5.41, 5.74) is 5.80. The Hall–Kier alpha value is -0.770. The van der Waals surface area contributed by atoms with Crippen molar-refractivity contribution >= 4 is 6.03 Å². The second kappa shape index (κ2) is 6.24. The average Bonchev–Trinajstić information content (AvgIpc) is 2.90. The number of hydrogen-bond acceptors (Lipinski definition) is 2. The monoisotopic (exact) mass is 239 g/mol. The molecule has 0 aromatic carbocycles. The van der Waals surface area contributed by atoms with Gasteiger partial charge in [-0.15, -0.1) is 0 Å². The maximum Gasteiger partial charge on any atom is 0.317 e. The predicted octanol–water partition coefficient (Wildman–Crippen LogP) is 1.56. The molecule has 0 spiro atoms. The molecule has 4 nitrogen and oxygen atoms in total. The number of nitrogens with two attached hydrogens (primary N) is 1. The second-order valence-electron chi connectivity index (χ2n) is 5.42. The van der Waals surface area contributed by atoms with Crippen molar-refractivity contribution in [2.45, 2.75) is 38.5 Å². The molecule has 3 N–H and O–H groups in total. The van der Waals surface area contributed by atoms with Crippen LogP contribution in [0.4, 0.5) is 4.79 Å². The number of carbonyl (C=O) groups is 1. The summed E-state index contributed by atoms with van der Waals surface area (Å²) in [6, 6.07) is 0.129. The molecular formula is C13H25N3O. The summed E-state index contributed by atoms with van der Waals surface area (Å²) in [6.45, 7) is 3.44. The molecule has 1 heterocycles. The number of amides is 2. The van der Waals surface area contributed by atoms with Crippen LogP contribution in [0.3, 0.4) is 0 Å². The molecule has 2 unspecified atom stereocenters. The van der Waals surface area contributed by atoms with Gasteiger partial charge >= 0.3 is 6.03 Å². The molecule has 17 heavy (non-hydrogen) atoms. The van der Waals surface area contributed by atoms with E-state index < -0.39 is 0 Å². The van der Waals surface area contributed by atoms with Gasteiger partial charge in [-0.05, 0) is 44.1 Å². The van der Waals surface area contributed by atoms with Crippen LogP contribution in [0.15, 0.2) is 0 Å². The SMILES string of the molecule is NCC1CCCCC1CNC(=O)N1CCCC1. The third kappa shape index (κ3) is 3.35. The van der Waals surface area contributed by atoms with Gasteiger partial charge in [0, 0.05) is 19.6 Å². The van der Waals surface area contributed by atoms with Crippen LogP contribution in [0.5, 0.6) is 0 Å². The fourth-order valence-electron chi connectivity index (χ4n) is 3.11. The first kappa shape index (κ1) is 12.7. The standard InChI is InChI=1S/C13H25N3O/c14-9-11-5-1-2-6-12(11)10-15-13(17)16-7-3-4-8-16/h11-12H,1-10,14H2,(H,15,17). The van der Waals surface area contributed by atoms with Crippen LogP contribution >= 0.6 is 0 Å². The smallest absolute Gasteiger partial charge is 0.317 e. The van der Waals surface area contributed by atoms with Gasteiger partial charge < -0.3 is 16.0 Å². The van der Waals surface area contributed by atoms with Crippen molar-refractivity contribution in [3.8, 4) is 0 Å². The van der Waals surface area contributed by atoms with Gasteiger partial charge in [0.15, 0.2) is 0 Å². The van der Waals surface area contributed by atoms with Gasteiger partial charge in [0.25, 0.3) is 0 Å². The number of likely N-dealkylation sites (tertiary alicyclic amines) is 1. The number of nitrogens with zero attached hydrogens (tertiary/aromatic N) is 1. The molecule has 1 aliphatic heterocycles. The van der Waals surface area contributed by atoms with Crippen LogP contribution in [-0.2, 0) is 0 Å². The molecule has 2 fully saturated rings. The third-order valence-electron chi connectivity index (χ3n) is 4.28. The Labute approximate surface area is 104 Å². The first-order valence-corrected chi connectivity index (χ1v) is 7.04. The van der Waals surface area contributed by atoms with Gasteiger partial charge in [-0.1, -0.05) is 12.8 Å². The highest BCUT2D eigenvalue weighted by Gasteiger charge is 2.25. The zero-order valence-electron chi connectivity index (χ0n) is 10.7. The Morgan fingerprint density at radius 3 is 2.41 bits per heavy atom. The summed E-state index contributed by atoms with van der Waals surface area (Å²) in [5.74, 6) is 1.21. The second-order valence-corrected chi connectivity index (χ2v) is 5.42. The molecule has 98 valence electrons. The van der Waals surface area contributed by atoms with Crippen molar-refractivity contribution in [1.82, 2.24) is 10.2 Å². The molecule has 0 aromatic rings. The summed E-state index contributed by atoms with van der Waals surface area (Å²) >= 11 is 0. The van der Waals surface area contributed by atoms with Gasteiger partial charge in [0.05, 0.1) is 0 Å². The van der Waals surface area contributed by atoms with Gasteiger partial charge in [-0.25, -0.2) is 4.79 Å². The van der Waals surface area contributed by atoms with E-state index in [1.165, 1.54) is 25.7 Å². The summed E-state index contributed by atoms with van der Waals surface area (Å²) < 4.78 is 0. The van der Waals surface area contributed by atoms with Crippen LogP contribution in [0, 0.1) is 11.8 Å². The molecule has 2 amide bonds. The fraction of sp³-hybridized carbons (Fsp3) is 0.923. The van der Waals surface area contributed by atoms with E-state index in [2.05, 4.69) is 5.32 Å². The molecule has 0 aromatic heterocycles. The number of nitrogens with one attached hydrogen (secondary N) is 1. The van der Waals surface area contributed by atoms with Crippen LogP contribution in [0.2, 0.25) is 0 Å². The van der Waals surface area contributed by atoms with Crippen molar-refractivity contribution in [2.75, 3.05) is 26.2 Å². The zero-order valence-corrected chi connectivity index (χ0v) is 10.7. The van der Waals surface area contributed by atoms with E-state index in [-0.39, 0.29) is 6.03 Å². The predicted molar refractivity (Wildman–Crippen MR) is 68.7 cm³/mol. The fourth-order valence-corrected chi connectivity index (χ4v) is 3.11. The van der Waals surface area contributed by atoms with Gasteiger partial charge in [0.2, 0.25) is 0 Å². The molecule has 0 bridgehead atoms. The van der Waals surface area contributed by atoms with E-state index in [9.17, 15) is 4.79 Å². The van der Waals surface area contributed by atoms with Crippen molar-refractivity contribution < 1.29 is 4.79 Å². The van der Waals surface area contributed by atoms with Crippen LogP contribution in [-0.4, -0.2) is 37.1 Å². The van der Waals surface area contributed by atoms with E-state index in [0.717, 1.165) is 39.0 Å². The molecule has 2 atom stereocenters. The van der Waals surface area contributed by atoms with E-state index in [0.29, 0.717) is 11.8 Å². The molecular weight excluding hydrogens is 214 g/mol. The topological polar surface area (TPSA) is 58.4 Å². The van der Waals surface area contributed by atoms with Crippen LogP contribution < -0.4 is 11.1 Å². The largest absolute Gasteiger partial charge is 0.338 e. The van der Waals surface area contributed by atoms with Crippen molar-refractivity contribution in [1.29, 1.82) is 0 Å². The van der Waals surface area contributed by atoms with E-state index >= 15 is 0 Å². The lowest BCUT2D eigenvalue weighted by Gasteiger charge is -2.31. The van der Waals surface area contributed by atoms with E-state index in [1.54, 1.807) is 0 Å². The van der Waals surface area contributed by atoms with Gasteiger partial charge in [-0.2, -0.15) is 0 Å². The molecule has 1 saturated carbocycles. The zero-order chi connectivity index (χ0) is 12.1. The van der Waals surface area contributed by atoms with E-state index in [1.807, 2.05) is 4.90 Å². The van der Waals surface area contributed by atoms with Crippen molar-refractivity contribution in [2.24, 2.45) is 17.6 Å². The molecule has 1 aliphatic carbocycles. The summed E-state index contributed by atoms with van der Waals surface area (Å²) in [7, 11) is 0. The first-order valence-electron chi connectivity index (χ1n) is 7.04. The number of carbonyl (C=O) groups excluding carboxylic acids is 1. The highest BCUT2D eigenvalue weighted by Crippen LogP contribution is 2.28. The highest BCUT2D eigenvalue weighted by molar-refractivity contribution is 5.74. The Balaban J connectivity index is 1.74. The summed E-state index contributed by atoms with van der Waals surface area (Å²) in [4.78, 5) is 13.8. The quantitative estimate of drug-likeness (QED) is 0.785. The lowest BCUT2D eigenvalue weighted by atomic mass is 9.79. The Kier molecular flexibility index (Phi) is 4.66. The molecule has 2 rings (SSSR count). The number of hydrogen-bond donors (Lipinski definition) is 2. The number of urea groups is 1. The number of rotatable bonds is 3. The minimum Gasteiger partial charge on any atom is -0.338 e. The van der Waals surface area contributed by atoms with Crippen LogP contribution in [0.25, 0.3) is 0 Å². The van der Waals surface area contributed by atoms with Gasteiger partial charge in [0.1, 0.15) is 0 Å². The Bertz CT molecular complexity index is 251.